The summed E-state index contributed by atoms with van der Waals surface area (Å²) in [7, 11) is 0. The predicted molar refractivity (Wildman–Crippen MR) is 87.3 cm³/mol. The van der Waals surface area contributed by atoms with Gasteiger partial charge in [-0.1, -0.05) is 83.9 Å². The standard InChI is InChI=1S/C18H12Cl2/c19-17-12-16(14-9-5-2-6-10-14)18(20)11-15(17)13-7-3-1-4-8-13/h1-12H. The van der Waals surface area contributed by atoms with E-state index in [-0.39, 0.29) is 0 Å². The molecule has 0 aliphatic rings. The molecule has 0 heterocycles. The van der Waals surface area contributed by atoms with Crippen molar-refractivity contribution in [3.8, 4) is 22.3 Å². The second-order valence-electron chi connectivity index (χ2n) is 4.54. The van der Waals surface area contributed by atoms with E-state index in [9.17, 15) is 0 Å². The molecule has 0 saturated heterocycles. The van der Waals surface area contributed by atoms with Gasteiger partial charge in [0.1, 0.15) is 0 Å². The van der Waals surface area contributed by atoms with Gasteiger partial charge in [0.15, 0.2) is 0 Å². The molecular formula is C18H12Cl2. The summed E-state index contributed by atoms with van der Waals surface area (Å²) in [5.74, 6) is 0. The topological polar surface area (TPSA) is 0 Å². The number of hydrogen-bond donors (Lipinski definition) is 0. The van der Waals surface area contributed by atoms with Crippen LogP contribution in [-0.4, -0.2) is 0 Å². The minimum Gasteiger partial charge on any atom is -0.0836 e. The largest absolute Gasteiger partial charge is 0.0836 e. The fraction of sp³-hybridized carbons (Fsp3) is 0. The Kier molecular flexibility index (Phi) is 3.77. The predicted octanol–water partition coefficient (Wildman–Crippen LogP) is 6.33. The SMILES string of the molecule is Clc1cc(-c2ccccc2)c(Cl)cc1-c1ccccc1. The Morgan fingerprint density at radius 3 is 1.20 bits per heavy atom. The minimum absolute atomic E-state index is 0.708. The van der Waals surface area contributed by atoms with Gasteiger partial charge in [-0.3, -0.25) is 0 Å². The molecule has 0 N–H and O–H groups in total. The molecule has 2 heteroatoms. The van der Waals surface area contributed by atoms with Crippen molar-refractivity contribution < 1.29 is 0 Å². The van der Waals surface area contributed by atoms with Crippen molar-refractivity contribution in [2.45, 2.75) is 0 Å². The van der Waals surface area contributed by atoms with Gasteiger partial charge in [0.25, 0.3) is 0 Å². The maximum atomic E-state index is 6.43. The lowest BCUT2D eigenvalue weighted by Gasteiger charge is -2.10. The monoisotopic (exact) mass is 298 g/mol. The highest BCUT2D eigenvalue weighted by Crippen LogP contribution is 2.37. The molecule has 3 rings (SSSR count). The van der Waals surface area contributed by atoms with Crippen LogP contribution in [0.25, 0.3) is 22.3 Å². The lowest BCUT2D eigenvalue weighted by molar-refractivity contribution is 1.59. The average molecular weight is 299 g/mol. The molecule has 20 heavy (non-hydrogen) atoms. The van der Waals surface area contributed by atoms with Crippen LogP contribution in [0.4, 0.5) is 0 Å². The zero-order chi connectivity index (χ0) is 13.9. The third-order valence-electron chi connectivity index (χ3n) is 3.23. The lowest BCUT2D eigenvalue weighted by Crippen LogP contribution is -1.84. The minimum atomic E-state index is 0.708. The molecule has 0 aliphatic heterocycles. The summed E-state index contributed by atoms with van der Waals surface area (Å²) in [6, 6.07) is 23.9. The molecule has 0 atom stereocenters. The Morgan fingerprint density at radius 1 is 0.500 bits per heavy atom. The summed E-state index contributed by atoms with van der Waals surface area (Å²) < 4.78 is 0. The van der Waals surface area contributed by atoms with E-state index in [1.54, 1.807) is 0 Å². The molecule has 0 spiro atoms. The van der Waals surface area contributed by atoms with Crippen molar-refractivity contribution in [1.82, 2.24) is 0 Å². The highest BCUT2D eigenvalue weighted by Gasteiger charge is 2.10. The zero-order valence-electron chi connectivity index (χ0n) is 10.7. The summed E-state index contributed by atoms with van der Waals surface area (Å²) in [6.07, 6.45) is 0. The van der Waals surface area contributed by atoms with E-state index in [1.165, 1.54) is 0 Å². The Bertz CT molecular complexity index is 654. The summed E-state index contributed by atoms with van der Waals surface area (Å²) in [6.45, 7) is 0. The second-order valence-corrected chi connectivity index (χ2v) is 5.36. The fourth-order valence-corrected chi connectivity index (χ4v) is 2.77. The van der Waals surface area contributed by atoms with Gasteiger partial charge in [-0.2, -0.15) is 0 Å². The summed E-state index contributed by atoms with van der Waals surface area (Å²) >= 11 is 12.9. The van der Waals surface area contributed by atoms with Gasteiger partial charge in [-0.15, -0.1) is 0 Å². The quantitative estimate of drug-likeness (QED) is 0.519. The maximum absolute atomic E-state index is 6.43. The van der Waals surface area contributed by atoms with Gasteiger partial charge < -0.3 is 0 Å². The normalized spacial score (nSPS) is 10.5. The Morgan fingerprint density at radius 2 is 0.850 bits per heavy atom. The first-order chi connectivity index (χ1) is 9.75. The molecular weight excluding hydrogens is 287 g/mol. The Labute approximate surface area is 128 Å². The number of rotatable bonds is 2. The first kappa shape index (κ1) is 13.2. The smallest absolute Gasteiger partial charge is 0.0491 e. The fourth-order valence-electron chi connectivity index (χ4n) is 2.22. The molecule has 0 amide bonds. The van der Waals surface area contributed by atoms with Crippen LogP contribution in [0.3, 0.4) is 0 Å². The van der Waals surface area contributed by atoms with E-state index in [0.29, 0.717) is 10.0 Å². The van der Waals surface area contributed by atoms with Crippen LogP contribution < -0.4 is 0 Å². The molecule has 0 aromatic heterocycles. The third-order valence-corrected chi connectivity index (χ3v) is 3.85. The van der Waals surface area contributed by atoms with E-state index >= 15 is 0 Å². The van der Waals surface area contributed by atoms with Crippen LogP contribution in [0.2, 0.25) is 10.0 Å². The summed E-state index contributed by atoms with van der Waals surface area (Å²) in [5, 5.41) is 1.42. The van der Waals surface area contributed by atoms with E-state index in [4.69, 9.17) is 23.2 Å². The first-order valence-corrected chi connectivity index (χ1v) is 7.11. The van der Waals surface area contributed by atoms with E-state index in [2.05, 4.69) is 0 Å². The van der Waals surface area contributed by atoms with Gasteiger partial charge in [0, 0.05) is 21.2 Å². The van der Waals surface area contributed by atoms with Crippen LogP contribution in [0.5, 0.6) is 0 Å². The number of halogens is 2. The highest BCUT2D eigenvalue weighted by molar-refractivity contribution is 6.37. The molecule has 0 radical (unpaired) electrons. The molecule has 0 fully saturated rings. The maximum Gasteiger partial charge on any atom is 0.0491 e. The number of benzene rings is 3. The van der Waals surface area contributed by atoms with Gasteiger partial charge in [-0.25, -0.2) is 0 Å². The average Bonchev–Trinajstić information content (AvgIpc) is 2.51. The molecule has 3 aromatic rings. The second kappa shape index (κ2) is 5.70. The molecule has 3 aromatic carbocycles. The van der Waals surface area contributed by atoms with Crippen molar-refractivity contribution in [2.75, 3.05) is 0 Å². The van der Waals surface area contributed by atoms with Crippen LogP contribution in [0, 0.1) is 0 Å². The van der Waals surface area contributed by atoms with Gasteiger partial charge >= 0.3 is 0 Å². The van der Waals surface area contributed by atoms with Gasteiger partial charge in [0.2, 0.25) is 0 Å². The van der Waals surface area contributed by atoms with Gasteiger partial charge in [0.05, 0.1) is 0 Å². The van der Waals surface area contributed by atoms with Crippen LogP contribution in [-0.2, 0) is 0 Å². The molecule has 98 valence electrons. The van der Waals surface area contributed by atoms with Crippen LogP contribution in [0.15, 0.2) is 72.8 Å². The van der Waals surface area contributed by atoms with Crippen LogP contribution >= 0.6 is 23.2 Å². The van der Waals surface area contributed by atoms with Crippen molar-refractivity contribution in [3.63, 3.8) is 0 Å². The van der Waals surface area contributed by atoms with Crippen molar-refractivity contribution in [3.05, 3.63) is 82.8 Å². The van der Waals surface area contributed by atoms with E-state index < -0.39 is 0 Å². The van der Waals surface area contributed by atoms with E-state index in [1.807, 2.05) is 72.8 Å². The Balaban J connectivity index is 2.13. The lowest BCUT2D eigenvalue weighted by atomic mass is 10.00. The number of hydrogen-bond acceptors (Lipinski definition) is 0. The van der Waals surface area contributed by atoms with Crippen LogP contribution in [0.1, 0.15) is 0 Å². The van der Waals surface area contributed by atoms with Crippen molar-refractivity contribution in [2.24, 2.45) is 0 Å². The van der Waals surface area contributed by atoms with Gasteiger partial charge in [-0.05, 0) is 23.3 Å². The summed E-state index contributed by atoms with van der Waals surface area (Å²) in [4.78, 5) is 0. The zero-order valence-corrected chi connectivity index (χ0v) is 12.2. The molecule has 0 aliphatic carbocycles. The Hall–Kier alpha value is -1.76. The van der Waals surface area contributed by atoms with Crippen molar-refractivity contribution in [1.29, 1.82) is 0 Å². The van der Waals surface area contributed by atoms with E-state index in [0.717, 1.165) is 22.3 Å². The summed E-state index contributed by atoms with van der Waals surface area (Å²) in [5.41, 5.74) is 4.05. The first-order valence-electron chi connectivity index (χ1n) is 6.35. The van der Waals surface area contributed by atoms with Crippen molar-refractivity contribution >= 4 is 23.2 Å². The molecule has 0 bridgehead atoms. The highest BCUT2D eigenvalue weighted by atomic mass is 35.5. The molecule has 0 saturated carbocycles. The molecule has 0 unspecified atom stereocenters. The third kappa shape index (κ3) is 2.58. The molecule has 0 nitrogen and oxygen atoms in total.